The second-order valence-corrected chi connectivity index (χ2v) is 3.51. The minimum Gasteiger partial charge on any atom is -0.439 e. The van der Waals surface area contributed by atoms with Crippen LogP contribution in [0, 0.1) is 0 Å². The van der Waals surface area contributed by atoms with Crippen LogP contribution in [-0.2, 0) is 4.65 Å². The number of rotatable bonds is 5. The Labute approximate surface area is 76.3 Å². The molecule has 0 unspecified atom stereocenters. The van der Waals surface area contributed by atoms with Crippen molar-refractivity contribution in [3.63, 3.8) is 0 Å². The summed E-state index contributed by atoms with van der Waals surface area (Å²) in [5, 5.41) is 3.06. The zero-order valence-electron chi connectivity index (χ0n) is 8.01. The molecule has 2 nitrogen and oxygen atoms in total. The van der Waals surface area contributed by atoms with Crippen LogP contribution in [0.5, 0.6) is 0 Å². The second-order valence-electron chi connectivity index (χ2n) is 3.51. The van der Waals surface area contributed by atoms with Gasteiger partial charge < -0.3 is 9.97 Å². The SMILES string of the molecule is CNCCO[B]C1CCCCC1. The monoisotopic (exact) mass is 168 g/mol. The summed E-state index contributed by atoms with van der Waals surface area (Å²) in [6, 6.07) is 0. The molecule has 0 atom stereocenters. The van der Waals surface area contributed by atoms with E-state index < -0.39 is 0 Å². The molecule has 1 aliphatic carbocycles. The first-order chi connectivity index (χ1) is 5.93. The highest BCUT2D eigenvalue weighted by molar-refractivity contribution is 6.29. The number of hydrogen-bond donors (Lipinski definition) is 1. The summed E-state index contributed by atoms with van der Waals surface area (Å²) in [4.78, 5) is 0. The standard InChI is InChI=1S/C9H19BNO/c1-11-7-8-12-10-9-5-3-2-4-6-9/h9,11H,2-8H2,1H3. The fraction of sp³-hybridized carbons (Fsp3) is 1.00. The third kappa shape index (κ3) is 4.12. The Kier molecular flexibility index (Phi) is 5.45. The van der Waals surface area contributed by atoms with E-state index in [2.05, 4.69) is 12.8 Å². The molecule has 0 bridgehead atoms. The minimum absolute atomic E-state index is 0.732. The Balaban J connectivity index is 1.91. The van der Waals surface area contributed by atoms with Gasteiger partial charge in [0.2, 0.25) is 0 Å². The van der Waals surface area contributed by atoms with Crippen molar-refractivity contribution in [2.75, 3.05) is 20.2 Å². The van der Waals surface area contributed by atoms with E-state index in [4.69, 9.17) is 4.65 Å². The highest BCUT2D eigenvalue weighted by Gasteiger charge is 2.14. The van der Waals surface area contributed by atoms with E-state index in [9.17, 15) is 0 Å². The lowest BCUT2D eigenvalue weighted by atomic mass is 9.70. The fourth-order valence-corrected chi connectivity index (χ4v) is 1.64. The molecule has 1 N–H and O–H groups in total. The molecule has 0 saturated heterocycles. The molecule has 1 saturated carbocycles. The second kappa shape index (κ2) is 6.50. The van der Waals surface area contributed by atoms with Crippen molar-refractivity contribution in [1.82, 2.24) is 5.32 Å². The average Bonchev–Trinajstić information content (AvgIpc) is 2.14. The molecule has 12 heavy (non-hydrogen) atoms. The van der Waals surface area contributed by atoms with E-state index in [1.807, 2.05) is 7.05 Å². The number of likely N-dealkylation sites (N-methyl/N-ethyl adjacent to an activating group) is 1. The van der Waals surface area contributed by atoms with Crippen molar-refractivity contribution < 1.29 is 4.65 Å². The summed E-state index contributed by atoms with van der Waals surface area (Å²) in [6.45, 7) is 1.76. The summed E-state index contributed by atoms with van der Waals surface area (Å²) in [6.07, 6.45) is 6.85. The van der Waals surface area contributed by atoms with Crippen LogP contribution < -0.4 is 5.32 Å². The predicted octanol–water partition coefficient (Wildman–Crippen LogP) is 1.59. The van der Waals surface area contributed by atoms with E-state index in [0.717, 1.165) is 19.0 Å². The number of nitrogens with one attached hydrogen (secondary N) is 1. The zero-order valence-corrected chi connectivity index (χ0v) is 8.01. The van der Waals surface area contributed by atoms with Gasteiger partial charge in [-0.05, 0) is 12.9 Å². The molecule has 3 heteroatoms. The van der Waals surface area contributed by atoms with Crippen LogP contribution in [0.4, 0.5) is 0 Å². The van der Waals surface area contributed by atoms with Crippen molar-refractivity contribution in [3.8, 4) is 0 Å². The lowest BCUT2D eigenvalue weighted by Crippen LogP contribution is -2.18. The Hall–Kier alpha value is -0.0151. The minimum atomic E-state index is 0.732. The van der Waals surface area contributed by atoms with Gasteiger partial charge in [0.15, 0.2) is 0 Å². The molecule has 69 valence electrons. The first kappa shape index (κ1) is 10.1. The normalized spacial score (nSPS) is 19.4. The third-order valence-corrected chi connectivity index (χ3v) is 2.41. The molecule has 0 heterocycles. The Morgan fingerprint density at radius 1 is 1.33 bits per heavy atom. The molecule has 1 radical (unpaired) electrons. The van der Waals surface area contributed by atoms with E-state index >= 15 is 0 Å². The van der Waals surface area contributed by atoms with Crippen LogP contribution in [0.2, 0.25) is 5.82 Å². The maximum atomic E-state index is 5.43. The van der Waals surface area contributed by atoms with Gasteiger partial charge in [-0.3, -0.25) is 0 Å². The van der Waals surface area contributed by atoms with Gasteiger partial charge in [-0.1, -0.05) is 32.1 Å². The topological polar surface area (TPSA) is 21.3 Å². The van der Waals surface area contributed by atoms with E-state index in [1.54, 1.807) is 0 Å². The highest BCUT2D eigenvalue weighted by atomic mass is 16.4. The van der Waals surface area contributed by atoms with Gasteiger partial charge in [-0.2, -0.15) is 0 Å². The third-order valence-electron chi connectivity index (χ3n) is 2.41. The Morgan fingerprint density at radius 3 is 2.75 bits per heavy atom. The van der Waals surface area contributed by atoms with Gasteiger partial charge in [-0.15, -0.1) is 0 Å². The van der Waals surface area contributed by atoms with E-state index in [0.29, 0.717) is 0 Å². The summed E-state index contributed by atoms with van der Waals surface area (Å²) in [5.74, 6) is 0.732. The summed E-state index contributed by atoms with van der Waals surface area (Å²) >= 11 is 0. The van der Waals surface area contributed by atoms with Gasteiger partial charge in [0.25, 0.3) is 7.48 Å². The molecule has 0 amide bonds. The maximum Gasteiger partial charge on any atom is 0.295 e. The molecule has 1 aliphatic rings. The fourth-order valence-electron chi connectivity index (χ4n) is 1.64. The molecule has 0 aromatic carbocycles. The largest absolute Gasteiger partial charge is 0.439 e. The summed E-state index contributed by atoms with van der Waals surface area (Å²) < 4.78 is 5.43. The van der Waals surface area contributed by atoms with Crippen molar-refractivity contribution in [2.45, 2.75) is 37.9 Å². The maximum absolute atomic E-state index is 5.43. The van der Waals surface area contributed by atoms with E-state index in [1.165, 1.54) is 32.1 Å². The molecular formula is C9H19BNO. The van der Waals surface area contributed by atoms with Crippen LogP contribution in [-0.4, -0.2) is 27.7 Å². The lowest BCUT2D eigenvalue weighted by molar-refractivity contribution is 0.319. The smallest absolute Gasteiger partial charge is 0.295 e. The van der Waals surface area contributed by atoms with Gasteiger partial charge in [0, 0.05) is 13.2 Å². The van der Waals surface area contributed by atoms with Crippen molar-refractivity contribution in [3.05, 3.63) is 0 Å². The quantitative estimate of drug-likeness (QED) is 0.497. The highest BCUT2D eigenvalue weighted by Crippen LogP contribution is 2.27. The predicted molar refractivity (Wildman–Crippen MR) is 52.5 cm³/mol. The Bertz CT molecular complexity index is 105. The Morgan fingerprint density at radius 2 is 2.08 bits per heavy atom. The zero-order chi connectivity index (χ0) is 8.65. The van der Waals surface area contributed by atoms with Crippen LogP contribution in [0.1, 0.15) is 32.1 Å². The molecule has 1 rings (SSSR count). The van der Waals surface area contributed by atoms with Crippen LogP contribution in [0.25, 0.3) is 0 Å². The first-order valence-corrected chi connectivity index (χ1v) is 5.03. The molecule has 1 fully saturated rings. The molecule has 0 spiro atoms. The van der Waals surface area contributed by atoms with Gasteiger partial charge in [0.1, 0.15) is 0 Å². The molecule has 0 aromatic heterocycles. The van der Waals surface area contributed by atoms with Crippen molar-refractivity contribution in [2.24, 2.45) is 0 Å². The van der Waals surface area contributed by atoms with Gasteiger partial charge >= 0.3 is 0 Å². The van der Waals surface area contributed by atoms with Gasteiger partial charge in [0.05, 0.1) is 0 Å². The molecule has 0 aliphatic heterocycles. The van der Waals surface area contributed by atoms with E-state index in [-0.39, 0.29) is 0 Å². The molecule has 0 aromatic rings. The molecular weight excluding hydrogens is 149 g/mol. The van der Waals surface area contributed by atoms with Crippen molar-refractivity contribution >= 4 is 7.48 Å². The van der Waals surface area contributed by atoms with Crippen LogP contribution in [0.3, 0.4) is 0 Å². The number of hydrogen-bond acceptors (Lipinski definition) is 2. The first-order valence-electron chi connectivity index (χ1n) is 5.03. The van der Waals surface area contributed by atoms with Crippen LogP contribution >= 0.6 is 0 Å². The van der Waals surface area contributed by atoms with Crippen LogP contribution in [0.15, 0.2) is 0 Å². The summed E-state index contributed by atoms with van der Waals surface area (Å²) in [7, 11) is 4.00. The van der Waals surface area contributed by atoms with Crippen molar-refractivity contribution in [1.29, 1.82) is 0 Å². The van der Waals surface area contributed by atoms with Gasteiger partial charge in [-0.25, -0.2) is 0 Å². The average molecular weight is 168 g/mol. The summed E-state index contributed by atoms with van der Waals surface area (Å²) in [5.41, 5.74) is 0. The lowest BCUT2D eigenvalue weighted by Gasteiger charge is -2.19.